The van der Waals surface area contributed by atoms with Crippen LogP contribution in [0.3, 0.4) is 0 Å². The normalized spacial score (nSPS) is 12.4. The molecule has 1 aliphatic carbocycles. The summed E-state index contributed by atoms with van der Waals surface area (Å²) in [7, 11) is 0. The Kier molecular flexibility index (Phi) is 9.81. The van der Waals surface area contributed by atoms with Crippen molar-refractivity contribution in [1.29, 1.82) is 0 Å². The van der Waals surface area contributed by atoms with E-state index < -0.39 is 5.41 Å². The smallest absolute Gasteiger partial charge is 0.0719 e. The summed E-state index contributed by atoms with van der Waals surface area (Å²) in [5.74, 6) is 0. The van der Waals surface area contributed by atoms with Crippen molar-refractivity contribution in [2.24, 2.45) is 0 Å². The minimum atomic E-state index is -0.587. The van der Waals surface area contributed by atoms with Gasteiger partial charge < -0.3 is 4.90 Å². The molecule has 0 unspecified atom stereocenters. The molecule has 0 N–H and O–H groups in total. The lowest BCUT2D eigenvalue weighted by Crippen LogP contribution is -2.29. The van der Waals surface area contributed by atoms with Gasteiger partial charge in [-0.15, -0.1) is 0 Å². The van der Waals surface area contributed by atoms with E-state index in [0.717, 1.165) is 17.1 Å². The zero-order valence-corrected chi connectivity index (χ0v) is 36.4. The van der Waals surface area contributed by atoms with Crippen molar-refractivity contribution in [3.05, 3.63) is 295 Å². The first-order chi connectivity index (χ1) is 32.7. The predicted octanol–water partition coefficient (Wildman–Crippen LogP) is 17.3. The van der Waals surface area contributed by atoms with Crippen LogP contribution in [0.4, 0.5) is 17.1 Å². The second-order valence-electron chi connectivity index (χ2n) is 17.2. The Balaban J connectivity index is 1.08. The molecule has 66 heavy (non-hydrogen) atoms. The van der Waals surface area contributed by atoms with E-state index in [1.54, 1.807) is 0 Å². The van der Waals surface area contributed by atoms with Crippen LogP contribution in [-0.4, -0.2) is 0 Å². The first kappa shape index (κ1) is 39.1. The van der Waals surface area contributed by atoms with Crippen molar-refractivity contribution < 1.29 is 0 Å². The highest BCUT2D eigenvalue weighted by atomic mass is 15.1. The van der Waals surface area contributed by atoms with Gasteiger partial charge in [0.15, 0.2) is 0 Å². The molecule has 0 amide bonds. The molecule has 0 radical (unpaired) electrons. The second kappa shape index (κ2) is 16.6. The maximum atomic E-state index is 2.46. The molecule has 12 rings (SSSR count). The molecule has 0 atom stereocenters. The Morgan fingerprint density at radius 3 is 1.14 bits per heavy atom. The number of rotatable bonds is 9. The van der Waals surface area contributed by atoms with Crippen LogP contribution in [0.1, 0.15) is 22.3 Å². The van der Waals surface area contributed by atoms with Gasteiger partial charge >= 0.3 is 0 Å². The number of hydrogen-bond donors (Lipinski definition) is 0. The number of nitrogens with zero attached hydrogens (tertiary/aromatic N) is 1. The van der Waals surface area contributed by atoms with Crippen LogP contribution >= 0.6 is 0 Å². The molecule has 0 saturated heterocycles. The zero-order chi connectivity index (χ0) is 43.9. The van der Waals surface area contributed by atoms with Crippen molar-refractivity contribution >= 4 is 27.8 Å². The van der Waals surface area contributed by atoms with Gasteiger partial charge in [0, 0.05) is 17.1 Å². The summed E-state index contributed by atoms with van der Waals surface area (Å²) in [4.78, 5) is 2.42. The number of hydrogen-bond acceptors (Lipinski definition) is 1. The van der Waals surface area contributed by atoms with E-state index in [2.05, 4.69) is 278 Å². The van der Waals surface area contributed by atoms with Crippen molar-refractivity contribution in [1.82, 2.24) is 0 Å². The Morgan fingerprint density at radius 1 is 0.273 bits per heavy atom. The van der Waals surface area contributed by atoms with Gasteiger partial charge in [-0.05, 0) is 131 Å². The quantitative estimate of drug-likeness (QED) is 0.140. The lowest BCUT2D eigenvalue weighted by atomic mass is 9.66. The molecular formula is C65H45N. The maximum Gasteiger partial charge on any atom is 0.0719 e. The fourth-order valence-corrected chi connectivity index (χ4v) is 10.5. The molecule has 0 aliphatic heterocycles. The summed E-state index contributed by atoms with van der Waals surface area (Å²) in [6.07, 6.45) is 0. The number of benzene rings is 11. The van der Waals surface area contributed by atoms with Crippen molar-refractivity contribution in [2.45, 2.75) is 5.41 Å². The molecule has 0 bridgehead atoms. The van der Waals surface area contributed by atoms with E-state index in [9.17, 15) is 0 Å². The average molecular weight is 840 g/mol. The lowest BCUT2D eigenvalue weighted by Gasteiger charge is -2.35. The van der Waals surface area contributed by atoms with Gasteiger partial charge in [0.25, 0.3) is 0 Å². The van der Waals surface area contributed by atoms with E-state index in [1.165, 1.54) is 88.7 Å². The summed E-state index contributed by atoms with van der Waals surface area (Å²) in [6.45, 7) is 0. The van der Waals surface area contributed by atoms with Crippen LogP contribution < -0.4 is 4.90 Å². The zero-order valence-electron chi connectivity index (χ0n) is 36.4. The van der Waals surface area contributed by atoms with Crippen molar-refractivity contribution in [2.75, 3.05) is 4.90 Å². The van der Waals surface area contributed by atoms with E-state index in [1.807, 2.05) is 0 Å². The Labute approximate surface area is 387 Å². The number of anilines is 3. The summed E-state index contributed by atoms with van der Waals surface area (Å²) in [5, 5.41) is 2.49. The summed E-state index contributed by atoms with van der Waals surface area (Å²) >= 11 is 0. The Morgan fingerprint density at radius 2 is 0.652 bits per heavy atom. The van der Waals surface area contributed by atoms with E-state index in [0.29, 0.717) is 0 Å². The van der Waals surface area contributed by atoms with Gasteiger partial charge in [-0.1, -0.05) is 231 Å². The highest BCUT2D eigenvalue weighted by Gasteiger charge is 2.48. The Bertz CT molecular complexity index is 3410. The first-order valence-electron chi connectivity index (χ1n) is 22.8. The van der Waals surface area contributed by atoms with Crippen molar-refractivity contribution in [3.8, 4) is 55.6 Å². The van der Waals surface area contributed by atoms with E-state index >= 15 is 0 Å². The molecule has 11 aromatic carbocycles. The van der Waals surface area contributed by atoms with Crippen LogP contribution in [0.5, 0.6) is 0 Å². The van der Waals surface area contributed by atoms with Crippen LogP contribution in [0.25, 0.3) is 66.4 Å². The van der Waals surface area contributed by atoms with E-state index in [-0.39, 0.29) is 0 Å². The van der Waals surface area contributed by atoms with Crippen LogP contribution in [0.15, 0.2) is 273 Å². The molecule has 0 saturated carbocycles. The van der Waals surface area contributed by atoms with Gasteiger partial charge in [0.2, 0.25) is 0 Å². The molecule has 1 nitrogen and oxygen atoms in total. The fourth-order valence-electron chi connectivity index (χ4n) is 10.5. The third-order valence-electron chi connectivity index (χ3n) is 13.5. The molecular weight excluding hydrogens is 795 g/mol. The molecule has 0 fully saturated rings. The van der Waals surface area contributed by atoms with Gasteiger partial charge in [0.05, 0.1) is 5.41 Å². The fraction of sp³-hybridized carbons (Fsp3) is 0.0154. The summed E-state index contributed by atoms with van der Waals surface area (Å²) in [5.41, 5.74) is 19.9. The van der Waals surface area contributed by atoms with Gasteiger partial charge in [-0.2, -0.15) is 0 Å². The minimum absolute atomic E-state index is 0.587. The average Bonchev–Trinajstić information content (AvgIpc) is 3.72. The van der Waals surface area contributed by atoms with E-state index in [4.69, 9.17) is 0 Å². The minimum Gasteiger partial charge on any atom is -0.310 e. The third kappa shape index (κ3) is 6.64. The molecule has 1 heteroatoms. The van der Waals surface area contributed by atoms with Gasteiger partial charge in [-0.25, -0.2) is 0 Å². The standard InChI is InChI=1S/C65H45N/c1-6-18-46(19-7-1)48-30-32-49(33-31-48)51-36-40-57(41-37-51)66(56-38-34-50(35-39-56)47-20-8-2-9-21-47)58-42-43-62-61(45-58)63-60(52-22-10-3-11-23-52)44-53-24-16-17-29-59(53)64(63)65(62,54-25-12-4-13-26-54)55-27-14-5-15-28-55/h1-45H. The lowest BCUT2D eigenvalue weighted by molar-refractivity contribution is 0.775. The molecule has 0 aromatic heterocycles. The second-order valence-corrected chi connectivity index (χ2v) is 17.2. The van der Waals surface area contributed by atoms with Crippen LogP contribution in [0, 0.1) is 0 Å². The maximum absolute atomic E-state index is 2.46. The highest BCUT2D eigenvalue weighted by Crippen LogP contribution is 2.61. The number of fused-ring (bicyclic) bond motifs is 5. The van der Waals surface area contributed by atoms with Gasteiger partial charge in [-0.3, -0.25) is 0 Å². The summed E-state index contributed by atoms with van der Waals surface area (Å²) < 4.78 is 0. The highest BCUT2D eigenvalue weighted by molar-refractivity contribution is 6.07. The first-order valence-corrected chi connectivity index (χ1v) is 22.8. The van der Waals surface area contributed by atoms with Crippen LogP contribution in [0.2, 0.25) is 0 Å². The predicted molar refractivity (Wildman–Crippen MR) is 278 cm³/mol. The third-order valence-corrected chi connectivity index (χ3v) is 13.5. The van der Waals surface area contributed by atoms with Crippen LogP contribution in [-0.2, 0) is 5.41 Å². The monoisotopic (exact) mass is 839 g/mol. The molecule has 1 aliphatic rings. The van der Waals surface area contributed by atoms with Crippen molar-refractivity contribution in [3.63, 3.8) is 0 Å². The summed E-state index contributed by atoms with van der Waals surface area (Å²) in [6, 6.07) is 100. The molecule has 11 aromatic rings. The molecule has 0 spiro atoms. The largest absolute Gasteiger partial charge is 0.310 e. The van der Waals surface area contributed by atoms with Gasteiger partial charge in [0.1, 0.15) is 0 Å². The SMILES string of the molecule is c1ccc(-c2ccc(-c3ccc(N(c4ccc(-c5ccccc5)cc4)c4ccc5c(c4)-c4c(-c6ccccc6)cc6ccccc6c4C5(c4ccccc4)c4ccccc4)cc3)cc2)cc1. The molecule has 310 valence electrons. The topological polar surface area (TPSA) is 3.24 Å². The molecule has 0 heterocycles. The Hall–Kier alpha value is -8.52.